The minimum atomic E-state index is -0.211. The van der Waals surface area contributed by atoms with Crippen LogP contribution in [0.15, 0.2) is 5.16 Å². The summed E-state index contributed by atoms with van der Waals surface area (Å²) in [6, 6.07) is 0. The Morgan fingerprint density at radius 3 is 2.50 bits per heavy atom. The molecule has 2 unspecified atom stereocenters. The first kappa shape index (κ1) is 9.10. The second kappa shape index (κ2) is 2.64. The Bertz CT molecular complexity index is 339. The number of piperidine rings is 3. The molecule has 3 saturated heterocycles. The van der Waals surface area contributed by atoms with Crippen molar-refractivity contribution in [1.29, 1.82) is 0 Å². The van der Waals surface area contributed by atoms with Crippen LogP contribution in [-0.2, 0) is 4.84 Å². The van der Waals surface area contributed by atoms with E-state index in [0.29, 0.717) is 17.8 Å². The molecule has 1 aliphatic carbocycles. The third-order valence-electron chi connectivity index (χ3n) is 5.03. The maximum absolute atomic E-state index is 5.87. The topological polar surface area (TPSA) is 54.1 Å². The molecular formula is C11H18N4O. The SMILES string of the molecule is CN1C(N)=NOC12C1CC3CC2CN(C3)C1. The average molecular weight is 222 g/mol. The van der Waals surface area contributed by atoms with Crippen LogP contribution in [0.2, 0.25) is 0 Å². The van der Waals surface area contributed by atoms with E-state index < -0.39 is 0 Å². The molecule has 1 spiro atoms. The summed E-state index contributed by atoms with van der Waals surface area (Å²) in [4.78, 5) is 10.5. The van der Waals surface area contributed by atoms with Gasteiger partial charge in [0.25, 0.3) is 0 Å². The predicted octanol–water partition coefficient (Wildman–Crippen LogP) is -0.154. The van der Waals surface area contributed by atoms with Gasteiger partial charge in [0, 0.05) is 38.5 Å². The Balaban J connectivity index is 1.75. The summed E-state index contributed by atoms with van der Waals surface area (Å²) < 4.78 is 0. The lowest BCUT2D eigenvalue weighted by molar-refractivity contribution is -0.245. The molecule has 5 rings (SSSR count). The highest BCUT2D eigenvalue weighted by molar-refractivity contribution is 5.79. The molecule has 5 aliphatic rings. The van der Waals surface area contributed by atoms with E-state index in [4.69, 9.17) is 10.6 Å². The lowest BCUT2D eigenvalue weighted by atomic mass is 9.62. The van der Waals surface area contributed by atoms with Crippen molar-refractivity contribution in [2.45, 2.75) is 18.6 Å². The van der Waals surface area contributed by atoms with Crippen LogP contribution in [0, 0.1) is 17.8 Å². The molecule has 2 atom stereocenters. The van der Waals surface area contributed by atoms with E-state index in [1.807, 2.05) is 7.05 Å². The molecule has 0 aromatic carbocycles. The van der Waals surface area contributed by atoms with Gasteiger partial charge in [-0.3, -0.25) is 0 Å². The fraction of sp³-hybridized carbons (Fsp3) is 0.909. The summed E-state index contributed by atoms with van der Waals surface area (Å²) in [5.74, 6) is 2.58. The summed E-state index contributed by atoms with van der Waals surface area (Å²) in [5.41, 5.74) is 5.66. The number of nitrogens with two attached hydrogens (primary N) is 1. The molecule has 0 amide bonds. The number of nitrogens with zero attached hydrogens (tertiary/aromatic N) is 3. The first-order valence-corrected chi connectivity index (χ1v) is 6.18. The van der Waals surface area contributed by atoms with Crippen LogP contribution >= 0.6 is 0 Å². The highest BCUT2D eigenvalue weighted by atomic mass is 16.7. The standard InChI is InChI=1S/C11H18N4O/c1-14-10(12)13-16-11(14)8-2-7-3-9(11)6-15(4-7)5-8/h7-9H,2-6H2,1H3,(H2,12,13). The average Bonchev–Trinajstić information content (AvgIpc) is 2.54. The van der Waals surface area contributed by atoms with Crippen molar-refractivity contribution in [2.75, 3.05) is 26.7 Å². The number of oxime groups is 1. The van der Waals surface area contributed by atoms with Crippen molar-refractivity contribution < 1.29 is 4.84 Å². The second-order valence-corrected chi connectivity index (χ2v) is 5.80. The Labute approximate surface area is 95.2 Å². The summed E-state index contributed by atoms with van der Waals surface area (Å²) >= 11 is 0. The zero-order valence-electron chi connectivity index (χ0n) is 9.59. The van der Waals surface area contributed by atoms with Crippen LogP contribution in [-0.4, -0.2) is 48.2 Å². The van der Waals surface area contributed by atoms with Gasteiger partial charge in [0.05, 0.1) is 0 Å². The van der Waals surface area contributed by atoms with Crippen LogP contribution in [0.5, 0.6) is 0 Å². The largest absolute Gasteiger partial charge is 0.367 e. The lowest BCUT2D eigenvalue weighted by Gasteiger charge is -2.60. The maximum Gasteiger partial charge on any atom is 0.236 e. The minimum absolute atomic E-state index is 0.211. The van der Waals surface area contributed by atoms with Gasteiger partial charge in [-0.25, -0.2) is 0 Å². The van der Waals surface area contributed by atoms with Crippen molar-refractivity contribution in [1.82, 2.24) is 9.80 Å². The van der Waals surface area contributed by atoms with E-state index >= 15 is 0 Å². The Morgan fingerprint density at radius 1 is 1.31 bits per heavy atom. The van der Waals surface area contributed by atoms with E-state index in [1.54, 1.807) is 0 Å². The molecule has 5 heteroatoms. The first-order valence-electron chi connectivity index (χ1n) is 6.18. The van der Waals surface area contributed by atoms with Crippen LogP contribution < -0.4 is 5.73 Å². The van der Waals surface area contributed by atoms with Gasteiger partial charge in [0.2, 0.25) is 11.7 Å². The van der Waals surface area contributed by atoms with Gasteiger partial charge in [-0.15, -0.1) is 0 Å². The first-order chi connectivity index (χ1) is 7.70. The van der Waals surface area contributed by atoms with E-state index in [-0.39, 0.29) is 5.72 Å². The van der Waals surface area contributed by atoms with Gasteiger partial charge >= 0.3 is 0 Å². The van der Waals surface area contributed by atoms with Gasteiger partial charge < -0.3 is 20.4 Å². The van der Waals surface area contributed by atoms with Crippen molar-refractivity contribution >= 4 is 5.96 Å². The van der Waals surface area contributed by atoms with E-state index in [1.165, 1.54) is 19.4 Å². The molecule has 5 nitrogen and oxygen atoms in total. The Hall–Kier alpha value is -0.970. The molecule has 0 aromatic heterocycles. The predicted molar refractivity (Wildman–Crippen MR) is 59.3 cm³/mol. The van der Waals surface area contributed by atoms with Gasteiger partial charge in [-0.2, -0.15) is 0 Å². The summed E-state index contributed by atoms with van der Waals surface area (Å²) in [7, 11) is 2.03. The molecule has 2 N–H and O–H groups in total. The monoisotopic (exact) mass is 222 g/mol. The van der Waals surface area contributed by atoms with Crippen molar-refractivity contribution in [3.63, 3.8) is 0 Å². The summed E-state index contributed by atoms with van der Waals surface area (Å²) in [6.07, 6.45) is 2.56. The lowest BCUT2D eigenvalue weighted by Crippen LogP contribution is -2.71. The molecule has 4 fully saturated rings. The van der Waals surface area contributed by atoms with Crippen LogP contribution in [0.1, 0.15) is 12.8 Å². The maximum atomic E-state index is 5.87. The zero-order chi connectivity index (χ0) is 10.9. The Morgan fingerprint density at radius 2 is 2.00 bits per heavy atom. The molecule has 1 saturated carbocycles. The normalized spacial score (nSPS) is 53.3. The zero-order valence-corrected chi connectivity index (χ0v) is 9.59. The smallest absolute Gasteiger partial charge is 0.236 e. The third kappa shape index (κ3) is 0.853. The van der Waals surface area contributed by atoms with Crippen molar-refractivity contribution in [3.05, 3.63) is 0 Å². The number of hydrogen-bond donors (Lipinski definition) is 1. The van der Waals surface area contributed by atoms with E-state index in [2.05, 4.69) is 15.0 Å². The number of rotatable bonds is 0. The fourth-order valence-electron chi connectivity index (χ4n) is 4.46. The molecule has 4 heterocycles. The van der Waals surface area contributed by atoms with Gasteiger partial charge in [-0.1, -0.05) is 0 Å². The van der Waals surface area contributed by atoms with Crippen molar-refractivity contribution in [3.8, 4) is 0 Å². The molecule has 0 aromatic rings. The molecule has 4 bridgehead atoms. The van der Waals surface area contributed by atoms with Crippen LogP contribution in [0.3, 0.4) is 0 Å². The van der Waals surface area contributed by atoms with Gasteiger partial charge in [0.15, 0.2) is 0 Å². The van der Waals surface area contributed by atoms with Crippen LogP contribution in [0.4, 0.5) is 0 Å². The summed E-state index contributed by atoms with van der Waals surface area (Å²) in [6.45, 7) is 3.60. The van der Waals surface area contributed by atoms with E-state index in [0.717, 1.165) is 19.0 Å². The van der Waals surface area contributed by atoms with Crippen molar-refractivity contribution in [2.24, 2.45) is 28.6 Å². The van der Waals surface area contributed by atoms with Gasteiger partial charge in [0.1, 0.15) is 0 Å². The molecule has 4 aliphatic heterocycles. The molecule has 0 radical (unpaired) electrons. The van der Waals surface area contributed by atoms with Crippen LogP contribution in [0.25, 0.3) is 0 Å². The minimum Gasteiger partial charge on any atom is -0.367 e. The molecular weight excluding hydrogens is 204 g/mol. The Kier molecular flexibility index (Phi) is 1.50. The molecule has 88 valence electrons. The van der Waals surface area contributed by atoms with E-state index in [9.17, 15) is 0 Å². The second-order valence-electron chi connectivity index (χ2n) is 5.80. The molecule has 16 heavy (non-hydrogen) atoms. The highest BCUT2D eigenvalue weighted by Gasteiger charge is 2.63. The fourth-order valence-corrected chi connectivity index (χ4v) is 4.46. The summed E-state index contributed by atoms with van der Waals surface area (Å²) in [5, 5.41) is 4.02. The quantitative estimate of drug-likeness (QED) is 0.619. The third-order valence-corrected chi connectivity index (χ3v) is 5.03. The highest BCUT2D eigenvalue weighted by Crippen LogP contribution is 2.53. The van der Waals surface area contributed by atoms with Gasteiger partial charge in [-0.05, 0) is 23.9 Å². The number of hydrogen-bond acceptors (Lipinski definition) is 5. The number of guanidine groups is 1.